The highest BCUT2D eigenvalue weighted by Gasteiger charge is 2.19. The zero-order chi connectivity index (χ0) is 14.5. The van der Waals surface area contributed by atoms with Gasteiger partial charge in [-0.1, -0.05) is 6.92 Å². The first-order chi connectivity index (χ1) is 9.58. The van der Waals surface area contributed by atoms with E-state index in [0.717, 1.165) is 44.2 Å². The van der Waals surface area contributed by atoms with E-state index in [1.807, 2.05) is 13.8 Å². The molecule has 0 radical (unpaired) electrons. The molecule has 2 heterocycles. The number of likely N-dealkylation sites (N-methyl/N-ethyl adjacent to an activating group) is 1. The van der Waals surface area contributed by atoms with Gasteiger partial charge in [0.15, 0.2) is 0 Å². The van der Waals surface area contributed by atoms with Gasteiger partial charge in [0.25, 0.3) is 0 Å². The summed E-state index contributed by atoms with van der Waals surface area (Å²) in [6.45, 7) is 11.7. The van der Waals surface area contributed by atoms with Crippen LogP contribution in [0.2, 0.25) is 0 Å². The molecular formula is C14H25N5O. The maximum Gasteiger partial charge on any atom is 0.234 e. The molecule has 1 unspecified atom stereocenters. The lowest BCUT2D eigenvalue weighted by molar-refractivity contribution is -0.123. The Morgan fingerprint density at radius 2 is 2.05 bits per heavy atom. The van der Waals surface area contributed by atoms with Crippen LogP contribution in [0.15, 0.2) is 6.20 Å². The first kappa shape index (κ1) is 15.0. The highest BCUT2D eigenvalue weighted by molar-refractivity contribution is 5.78. The number of aromatic nitrogens is 2. The van der Waals surface area contributed by atoms with Gasteiger partial charge in [-0.2, -0.15) is 0 Å². The van der Waals surface area contributed by atoms with Gasteiger partial charge in [0.1, 0.15) is 5.82 Å². The molecule has 0 aromatic carbocycles. The van der Waals surface area contributed by atoms with E-state index in [-0.39, 0.29) is 11.9 Å². The summed E-state index contributed by atoms with van der Waals surface area (Å²) in [6.07, 6.45) is 1.78. The van der Waals surface area contributed by atoms with Crippen LogP contribution < -0.4 is 5.32 Å². The van der Waals surface area contributed by atoms with Crippen molar-refractivity contribution in [3.05, 3.63) is 17.7 Å². The van der Waals surface area contributed by atoms with Crippen molar-refractivity contribution < 1.29 is 4.79 Å². The summed E-state index contributed by atoms with van der Waals surface area (Å²) < 4.78 is 0. The fraction of sp³-hybridized carbons (Fsp3) is 0.714. The van der Waals surface area contributed by atoms with Gasteiger partial charge in [-0.3, -0.25) is 9.69 Å². The first-order valence-electron chi connectivity index (χ1n) is 7.34. The molecule has 20 heavy (non-hydrogen) atoms. The number of nitrogens with one attached hydrogen (secondary N) is 2. The van der Waals surface area contributed by atoms with Crippen molar-refractivity contribution in [3.8, 4) is 0 Å². The zero-order valence-corrected chi connectivity index (χ0v) is 12.6. The van der Waals surface area contributed by atoms with Gasteiger partial charge < -0.3 is 15.2 Å². The minimum atomic E-state index is -0.0758. The van der Waals surface area contributed by atoms with E-state index >= 15 is 0 Å². The summed E-state index contributed by atoms with van der Waals surface area (Å²) in [7, 11) is 0. The number of aryl methyl sites for hydroxylation is 1. The average Bonchev–Trinajstić information content (AvgIpc) is 2.86. The number of H-pyrrole nitrogens is 1. The lowest BCUT2D eigenvalue weighted by Crippen LogP contribution is -2.49. The Labute approximate surface area is 120 Å². The summed E-state index contributed by atoms with van der Waals surface area (Å²) >= 11 is 0. The Morgan fingerprint density at radius 1 is 1.40 bits per heavy atom. The van der Waals surface area contributed by atoms with Gasteiger partial charge in [0, 0.05) is 38.1 Å². The van der Waals surface area contributed by atoms with Gasteiger partial charge in [-0.05, 0) is 20.4 Å². The maximum absolute atomic E-state index is 12.0. The summed E-state index contributed by atoms with van der Waals surface area (Å²) in [5, 5.41) is 2.99. The first-order valence-corrected chi connectivity index (χ1v) is 7.34. The number of hydrogen-bond donors (Lipinski definition) is 2. The number of carbonyl (C=O) groups excluding carboxylic acids is 1. The van der Waals surface area contributed by atoms with E-state index in [9.17, 15) is 4.79 Å². The van der Waals surface area contributed by atoms with E-state index in [1.165, 1.54) is 0 Å². The standard InChI is InChI=1S/C14H25N5O/c1-4-18-5-7-19(8-6-18)10-13(20)17-12(3)14-15-9-11(2)16-14/h9,12H,4-8,10H2,1-3H3,(H,15,16)(H,17,20). The quantitative estimate of drug-likeness (QED) is 0.825. The van der Waals surface area contributed by atoms with Gasteiger partial charge in [-0.25, -0.2) is 4.98 Å². The van der Waals surface area contributed by atoms with Crippen molar-refractivity contribution in [2.24, 2.45) is 0 Å². The van der Waals surface area contributed by atoms with Gasteiger partial charge in [0.2, 0.25) is 5.91 Å². The Hall–Kier alpha value is -1.40. The number of piperazine rings is 1. The molecule has 1 aromatic heterocycles. The number of nitrogens with zero attached hydrogens (tertiary/aromatic N) is 3. The summed E-state index contributed by atoms with van der Waals surface area (Å²) in [4.78, 5) is 24.1. The molecule has 1 aliphatic heterocycles. The normalized spacial score (nSPS) is 18.9. The van der Waals surface area contributed by atoms with Crippen LogP contribution in [0, 0.1) is 6.92 Å². The number of rotatable bonds is 5. The number of carbonyl (C=O) groups is 1. The minimum Gasteiger partial charge on any atom is -0.345 e. The molecule has 0 bridgehead atoms. The Morgan fingerprint density at radius 3 is 2.60 bits per heavy atom. The summed E-state index contributed by atoms with van der Waals surface area (Å²) in [5.41, 5.74) is 1.01. The fourth-order valence-electron chi connectivity index (χ4n) is 2.48. The second-order valence-electron chi connectivity index (χ2n) is 5.45. The van der Waals surface area contributed by atoms with Crippen LogP contribution >= 0.6 is 0 Å². The van der Waals surface area contributed by atoms with Crippen molar-refractivity contribution in [1.29, 1.82) is 0 Å². The molecule has 0 aliphatic carbocycles. The number of aromatic amines is 1. The molecule has 0 saturated carbocycles. The molecule has 1 aliphatic rings. The van der Waals surface area contributed by atoms with Crippen molar-refractivity contribution in [3.63, 3.8) is 0 Å². The van der Waals surface area contributed by atoms with Crippen molar-refractivity contribution >= 4 is 5.91 Å². The third-order valence-corrected chi connectivity index (χ3v) is 3.79. The Kier molecular flexibility index (Phi) is 5.14. The number of imidazole rings is 1. The van der Waals surface area contributed by atoms with E-state index in [2.05, 4.69) is 32.0 Å². The Balaban J connectivity index is 1.75. The van der Waals surface area contributed by atoms with Crippen LogP contribution in [0.5, 0.6) is 0 Å². The van der Waals surface area contributed by atoms with Gasteiger partial charge >= 0.3 is 0 Å². The monoisotopic (exact) mass is 279 g/mol. The molecular weight excluding hydrogens is 254 g/mol. The third kappa shape index (κ3) is 4.05. The van der Waals surface area contributed by atoms with E-state index in [0.29, 0.717) is 6.54 Å². The molecule has 1 atom stereocenters. The molecule has 1 amide bonds. The van der Waals surface area contributed by atoms with Gasteiger partial charge in [0.05, 0.1) is 12.6 Å². The molecule has 0 spiro atoms. The average molecular weight is 279 g/mol. The van der Waals surface area contributed by atoms with Crippen LogP contribution in [0.1, 0.15) is 31.4 Å². The number of amides is 1. The molecule has 1 saturated heterocycles. The summed E-state index contributed by atoms with van der Waals surface area (Å²) in [5.74, 6) is 0.878. The van der Waals surface area contributed by atoms with Crippen molar-refractivity contribution in [2.75, 3.05) is 39.3 Å². The molecule has 112 valence electrons. The van der Waals surface area contributed by atoms with Crippen LogP contribution in [0.25, 0.3) is 0 Å². The number of hydrogen-bond acceptors (Lipinski definition) is 4. The predicted molar refractivity (Wildman–Crippen MR) is 78.4 cm³/mol. The van der Waals surface area contributed by atoms with E-state index in [4.69, 9.17) is 0 Å². The third-order valence-electron chi connectivity index (χ3n) is 3.79. The molecule has 2 rings (SSSR count). The second kappa shape index (κ2) is 6.85. The largest absolute Gasteiger partial charge is 0.345 e. The SMILES string of the molecule is CCN1CCN(CC(=O)NC(C)c2ncc(C)[nH]2)CC1. The van der Waals surface area contributed by atoms with E-state index in [1.54, 1.807) is 6.20 Å². The molecule has 1 aromatic rings. The molecule has 6 nitrogen and oxygen atoms in total. The highest BCUT2D eigenvalue weighted by atomic mass is 16.2. The maximum atomic E-state index is 12.0. The molecule has 2 N–H and O–H groups in total. The Bertz CT molecular complexity index is 437. The van der Waals surface area contributed by atoms with Crippen LogP contribution in [0.3, 0.4) is 0 Å². The minimum absolute atomic E-state index is 0.0662. The van der Waals surface area contributed by atoms with Crippen LogP contribution in [-0.4, -0.2) is 64.9 Å². The van der Waals surface area contributed by atoms with Crippen LogP contribution in [0.4, 0.5) is 0 Å². The summed E-state index contributed by atoms with van der Waals surface area (Å²) in [6, 6.07) is -0.0758. The van der Waals surface area contributed by atoms with Crippen molar-refractivity contribution in [2.45, 2.75) is 26.8 Å². The second-order valence-corrected chi connectivity index (χ2v) is 5.45. The zero-order valence-electron chi connectivity index (χ0n) is 12.6. The van der Waals surface area contributed by atoms with Crippen LogP contribution in [-0.2, 0) is 4.79 Å². The predicted octanol–water partition coefficient (Wildman–Crippen LogP) is 0.533. The molecule has 6 heteroatoms. The van der Waals surface area contributed by atoms with Gasteiger partial charge in [-0.15, -0.1) is 0 Å². The van der Waals surface area contributed by atoms with Crippen molar-refractivity contribution in [1.82, 2.24) is 25.1 Å². The van der Waals surface area contributed by atoms with E-state index < -0.39 is 0 Å². The smallest absolute Gasteiger partial charge is 0.234 e. The lowest BCUT2D eigenvalue weighted by atomic mass is 10.3. The highest BCUT2D eigenvalue weighted by Crippen LogP contribution is 2.08. The topological polar surface area (TPSA) is 64.3 Å². The lowest BCUT2D eigenvalue weighted by Gasteiger charge is -2.33. The fourth-order valence-corrected chi connectivity index (χ4v) is 2.48. The molecule has 1 fully saturated rings.